The molecule has 3 nitrogen and oxygen atoms in total. The smallest absolute Gasteiger partial charge is 0.0700 e. The first-order chi connectivity index (χ1) is 4.91. The monoisotopic (exact) mass is 146 g/mol. The van der Waals surface area contributed by atoms with E-state index in [9.17, 15) is 0 Å². The maximum Gasteiger partial charge on any atom is 0.0700 e. The van der Waals surface area contributed by atoms with E-state index in [1.807, 2.05) is 7.05 Å². The lowest BCUT2D eigenvalue weighted by Gasteiger charge is -2.09. The summed E-state index contributed by atoms with van der Waals surface area (Å²) in [7, 11) is 3.49. The zero-order valence-corrected chi connectivity index (χ0v) is 6.80. The van der Waals surface area contributed by atoms with Crippen LogP contribution in [0.25, 0.3) is 5.32 Å². The summed E-state index contributed by atoms with van der Waals surface area (Å²) < 4.78 is 9.99. The minimum Gasteiger partial charge on any atom is -0.665 e. The lowest BCUT2D eigenvalue weighted by molar-refractivity contribution is 0.0707. The molecule has 3 heteroatoms. The molecule has 0 fully saturated rings. The van der Waals surface area contributed by atoms with Gasteiger partial charge in [0.2, 0.25) is 0 Å². The van der Waals surface area contributed by atoms with Crippen molar-refractivity contribution >= 4 is 0 Å². The fourth-order valence-corrected chi connectivity index (χ4v) is 0.569. The zero-order chi connectivity index (χ0) is 7.66. The van der Waals surface area contributed by atoms with E-state index in [1.54, 1.807) is 7.11 Å². The average molecular weight is 146 g/mol. The summed E-state index contributed by atoms with van der Waals surface area (Å²) in [4.78, 5) is 0. The van der Waals surface area contributed by atoms with E-state index in [0.717, 1.165) is 19.6 Å². The van der Waals surface area contributed by atoms with Crippen molar-refractivity contribution in [2.45, 2.75) is 6.42 Å². The van der Waals surface area contributed by atoms with E-state index in [-0.39, 0.29) is 0 Å². The highest BCUT2D eigenvalue weighted by Crippen LogP contribution is 1.86. The third-order valence-corrected chi connectivity index (χ3v) is 1.10. The second kappa shape index (κ2) is 8.88. The van der Waals surface area contributed by atoms with Crippen molar-refractivity contribution in [1.82, 2.24) is 0 Å². The first-order valence-corrected chi connectivity index (χ1v) is 3.54. The fraction of sp³-hybridized carbons (Fsp3) is 1.00. The molecule has 0 heterocycles. The Balaban J connectivity index is 2.65. The maximum atomic E-state index is 5.19. The molecule has 0 saturated heterocycles. The standard InChI is InChI=1S/C7H16NO2/c1-8-4-3-5-10-7-6-9-2/h3-7H2,1-2H3/q-1. The average Bonchev–Trinajstić information content (AvgIpc) is 1.97. The lowest BCUT2D eigenvalue weighted by Crippen LogP contribution is -2.03. The van der Waals surface area contributed by atoms with Crippen LogP contribution in [0.15, 0.2) is 0 Å². The molecule has 0 spiro atoms. The SMILES string of the molecule is C[N-]CCCOCCOC. The minimum atomic E-state index is 0.684. The summed E-state index contributed by atoms with van der Waals surface area (Å²) in [5.41, 5.74) is 0. The first-order valence-electron chi connectivity index (χ1n) is 3.54. The highest BCUT2D eigenvalue weighted by Gasteiger charge is 1.83. The third-order valence-electron chi connectivity index (χ3n) is 1.10. The van der Waals surface area contributed by atoms with Gasteiger partial charge >= 0.3 is 0 Å². The van der Waals surface area contributed by atoms with E-state index in [2.05, 4.69) is 5.32 Å². The number of methoxy groups -OCH3 is 1. The van der Waals surface area contributed by atoms with Gasteiger partial charge in [-0.3, -0.25) is 0 Å². The van der Waals surface area contributed by atoms with Crippen LogP contribution in [0.1, 0.15) is 6.42 Å². The number of hydrogen-bond donors (Lipinski definition) is 0. The maximum absolute atomic E-state index is 5.19. The summed E-state index contributed by atoms with van der Waals surface area (Å²) in [5.74, 6) is 0. The van der Waals surface area contributed by atoms with Gasteiger partial charge in [0.15, 0.2) is 0 Å². The Hall–Kier alpha value is -0.120. The van der Waals surface area contributed by atoms with E-state index < -0.39 is 0 Å². The Labute approximate surface area is 62.7 Å². The Morgan fingerprint density at radius 2 is 2.00 bits per heavy atom. The molecule has 10 heavy (non-hydrogen) atoms. The first kappa shape index (κ1) is 9.88. The highest BCUT2D eigenvalue weighted by atomic mass is 16.5. The van der Waals surface area contributed by atoms with Crippen molar-refractivity contribution in [2.75, 3.05) is 40.5 Å². The van der Waals surface area contributed by atoms with Crippen molar-refractivity contribution in [3.8, 4) is 0 Å². The van der Waals surface area contributed by atoms with Crippen LogP contribution >= 0.6 is 0 Å². The van der Waals surface area contributed by atoms with Crippen molar-refractivity contribution in [2.24, 2.45) is 0 Å². The molecule has 0 aromatic rings. The van der Waals surface area contributed by atoms with Crippen LogP contribution in [-0.2, 0) is 9.47 Å². The summed E-state index contributed by atoms with van der Waals surface area (Å²) in [6, 6.07) is 0. The molecule has 0 aromatic carbocycles. The molecule has 0 rings (SSSR count). The van der Waals surface area contributed by atoms with Crippen molar-refractivity contribution < 1.29 is 9.47 Å². The molecule has 0 radical (unpaired) electrons. The van der Waals surface area contributed by atoms with Gasteiger partial charge in [-0.05, 0) is 6.42 Å². The van der Waals surface area contributed by atoms with Crippen LogP contribution in [0.3, 0.4) is 0 Å². The molecule has 0 atom stereocenters. The molecule has 0 N–H and O–H groups in total. The number of hydrogen-bond acceptors (Lipinski definition) is 2. The van der Waals surface area contributed by atoms with Crippen LogP contribution in [0.4, 0.5) is 0 Å². The van der Waals surface area contributed by atoms with Gasteiger partial charge in [0.05, 0.1) is 13.2 Å². The van der Waals surface area contributed by atoms with Crippen LogP contribution in [0, 0.1) is 0 Å². The highest BCUT2D eigenvalue weighted by molar-refractivity contribution is 4.67. The van der Waals surface area contributed by atoms with Crippen LogP contribution < -0.4 is 0 Å². The summed E-state index contributed by atoms with van der Waals surface area (Å²) >= 11 is 0. The topological polar surface area (TPSA) is 32.6 Å². The quantitative estimate of drug-likeness (QED) is 0.503. The molecule has 0 aliphatic rings. The van der Waals surface area contributed by atoms with E-state index in [4.69, 9.17) is 9.47 Å². The molecular weight excluding hydrogens is 130 g/mol. The normalized spacial score (nSPS) is 10.2. The molecule has 0 saturated carbocycles. The molecule has 0 bridgehead atoms. The van der Waals surface area contributed by atoms with Gasteiger partial charge in [-0.2, -0.15) is 7.05 Å². The van der Waals surface area contributed by atoms with Crippen molar-refractivity contribution in [3.63, 3.8) is 0 Å². The molecule has 0 aliphatic carbocycles. The van der Waals surface area contributed by atoms with E-state index in [1.165, 1.54) is 0 Å². The summed E-state index contributed by atoms with van der Waals surface area (Å²) in [6.07, 6.45) is 1.01. The van der Waals surface area contributed by atoms with Crippen molar-refractivity contribution in [3.05, 3.63) is 5.32 Å². The van der Waals surface area contributed by atoms with Gasteiger partial charge in [-0.1, -0.05) is 0 Å². The second-order valence-corrected chi connectivity index (χ2v) is 2.00. The fourth-order valence-electron chi connectivity index (χ4n) is 0.569. The van der Waals surface area contributed by atoms with Gasteiger partial charge < -0.3 is 14.8 Å². The molecule has 0 aromatic heterocycles. The minimum absolute atomic E-state index is 0.684. The summed E-state index contributed by atoms with van der Waals surface area (Å²) in [5, 5.41) is 3.94. The largest absolute Gasteiger partial charge is 0.665 e. The van der Waals surface area contributed by atoms with Crippen molar-refractivity contribution in [1.29, 1.82) is 0 Å². The van der Waals surface area contributed by atoms with Gasteiger partial charge in [0.25, 0.3) is 0 Å². The Morgan fingerprint density at radius 3 is 2.60 bits per heavy atom. The number of rotatable bonds is 7. The van der Waals surface area contributed by atoms with Gasteiger partial charge in [0.1, 0.15) is 0 Å². The Kier molecular flexibility index (Phi) is 8.77. The second-order valence-electron chi connectivity index (χ2n) is 2.00. The molecule has 0 aliphatic heterocycles. The zero-order valence-electron chi connectivity index (χ0n) is 6.80. The molecule has 62 valence electrons. The molecule has 0 amide bonds. The Bertz CT molecular complexity index is 51.6. The van der Waals surface area contributed by atoms with Gasteiger partial charge in [-0.15, -0.1) is 6.54 Å². The lowest BCUT2D eigenvalue weighted by atomic mass is 10.4. The predicted molar refractivity (Wildman–Crippen MR) is 41.5 cm³/mol. The predicted octanol–water partition coefficient (Wildman–Crippen LogP) is 1.04. The Morgan fingerprint density at radius 1 is 1.20 bits per heavy atom. The van der Waals surface area contributed by atoms with Crippen LogP contribution in [-0.4, -0.2) is 40.5 Å². The number of ether oxygens (including phenoxy) is 2. The van der Waals surface area contributed by atoms with E-state index in [0.29, 0.717) is 13.2 Å². The summed E-state index contributed by atoms with van der Waals surface area (Å²) in [6.45, 7) is 3.07. The van der Waals surface area contributed by atoms with Gasteiger partial charge in [-0.25, -0.2) is 0 Å². The van der Waals surface area contributed by atoms with E-state index >= 15 is 0 Å². The van der Waals surface area contributed by atoms with Gasteiger partial charge in [0, 0.05) is 13.7 Å². The molecular formula is C7H16NO2-. The third kappa shape index (κ3) is 7.88. The molecule has 0 unspecified atom stereocenters. The van der Waals surface area contributed by atoms with Crippen LogP contribution in [0.5, 0.6) is 0 Å². The van der Waals surface area contributed by atoms with Crippen LogP contribution in [0.2, 0.25) is 0 Å². The number of nitrogens with zero attached hydrogens (tertiary/aromatic N) is 1.